The van der Waals surface area contributed by atoms with Crippen molar-refractivity contribution in [3.8, 4) is 11.5 Å². The van der Waals surface area contributed by atoms with Gasteiger partial charge in [0.25, 0.3) is 0 Å². The monoisotopic (exact) mass is 335 g/mol. The van der Waals surface area contributed by atoms with Gasteiger partial charge in [-0.3, -0.25) is 10.1 Å². The molecule has 0 unspecified atom stereocenters. The van der Waals surface area contributed by atoms with Gasteiger partial charge in [-0.15, -0.1) is 5.10 Å². The van der Waals surface area contributed by atoms with Crippen LogP contribution >= 0.6 is 0 Å². The molecule has 5 heteroatoms. The van der Waals surface area contributed by atoms with Gasteiger partial charge in [-0.25, -0.2) is 0 Å². The van der Waals surface area contributed by atoms with E-state index in [4.69, 9.17) is 4.42 Å². The van der Waals surface area contributed by atoms with Crippen LogP contribution in [0.15, 0.2) is 40.8 Å². The number of carbonyl (C=O) groups is 1. The molecule has 1 aromatic heterocycles. The molecule has 1 N–H and O–H groups in total. The molecule has 0 aliphatic carbocycles. The highest BCUT2D eigenvalue weighted by Gasteiger charge is 2.14. The highest BCUT2D eigenvalue weighted by Crippen LogP contribution is 2.24. The minimum atomic E-state index is -0.178. The number of amides is 1. The molecule has 1 amide bonds. The number of nitrogens with one attached hydrogen (secondary N) is 1. The van der Waals surface area contributed by atoms with Crippen LogP contribution in [0, 0.1) is 27.7 Å². The van der Waals surface area contributed by atoms with Crippen molar-refractivity contribution in [3.05, 3.63) is 64.2 Å². The Labute approximate surface area is 147 Å². The third-order valence-electron chi connectivity index (χ3n) is 4.14. The van der Waals surface area contributed by atoms with Gasteiger partial charge in [0.1, 0.15) is 0 Å². The summed E-state index contributed by atoms with van der Waals surface area (Å²) < 4.78 is 5.61. The first-order chi connectivity index (χ1) is 11.9. The van der Waals surface area contributed by atoms with E-state index in [0.29, 0.717) is 5.89 Å². The topological polar surface area (TPSA) is 68.0 Å². The van der Waals surface area contributed by atoms with Gasteiger partial charge in [-0.05, 0) is 50.5 Å². The van der Waals surface area contributed by atoms with Gasteiger partial charge in [-0.1, -0.05) is 46.6 Å². The molecular formula is C20H21N3O2. The lowest BCUT2D eigenvalue weighted by Crippen LogP contribution is -2.15. The van der Waals surface area contributed by atoms with Crippen molar-refractivity contribution >= 4 is 11.9 Å². The lowest BCUT2D eigenvalue weighted by molar-refractivity contribution is -0.115. The van der Waals surface area contributed by atoms with Crippen molar-refractivity contribution in [2.75, 3.05) is 5.32 Å². The fourth-order valence-corrected chi connectivity index (χ4v) is 2.73. The Morgan fingerprint density at radius 2 is 1.68 bits per heavy atom. The standard InChI is InChI=1S/C20H21N3O2/c1-12-6-8-16(15(4)9-12)11-18(24)21-20-23-22-19(25-20)17-10-13(2)5-7-14(17)3/h5-10H,11H2,1-4H3,(H,21,23,24). The molecule has 128 valence electrons. The summed E-state index contributed by atoms with van der Waals surface area (Å²) in [7, 11) is 0. The van der Waals surface area contributed by atoms with Crippen LogP contribution in [0.4, 0.5) is 6.01 Å². The average molecular weight is 335 g/mol. The van der Waals surface area contributed by atoms with E-state index in [1.54, 1.807) is 0 Å². The summed E-state index contributed by atoms with van der Waals surface area (Å²) >= 11 is 0. The van der Waals surface area contributed by atoms with Crippen molar-refractivity contribution in [1.29, 1.82) is 0 Å². The van der Waals surface area contributed by atoms with Gasteiger partial charge < -0.3 is 4.42 Å². The number of carbonyl (C=O) groups excluding carboxylic acids is 1. The van der Waals surface area contributed by atoms with Crippen LogP contribution in [0.1, 0.15) is 27.8 Å². The Hall–Kier alpha value is -2.95. The van der Waals surface area contributed by atoms with E-state index >= 15 is 0 Å². The number of aromatic nitrogens is 2. The number of anilines is 1. The average Bonchev–Trinajstić information content (AvgIpc) is 3.00. The van der Waals surface area contributed by atoms with Crippen LogP contribution in [0.3, 0.4) is 0 Å². The van der Waals surface area contributed by atoms with Gasteiger partial charge in [0.15, 0.2) is 0 Å². The summed E-state index contributed by atoms with van der Waals surface area (Å²) in [5.41, 5.74) is 6.29. The van der Waals surface area contributed by atoms with Crippen molar-refractivity contribution < 1.29 is 9.21 Å². The minimum absolute atomic E-state index is 0.116. The number of nitrogens with zero attached hydrogens (tertiary/aromatic N) is 2. The Kier molecular flexibility index (Phi) is 4.65. The van der Waals surface area contributed by atoms with E-state index < -0.39 is 0 Å². The fourth-order valence-electron chi connectivity index (χ4n) is 2.73. The van der Waals surface area contributed by atoms with E-state index in [1.807, 2.05) is 58.0 Å². The fraction of sp³-hybridized carbons (Fsp3) is 0.250. The first-order valence-corrected chi connectivity index (χ1v) is 8.19. The molecule has 3 aromatic rings. The van der Waals surface area contributed by atoms with Gasteiger partial charge in [0.05, 0.1) is 6.42 Å². The molecule has 0 radical (unpaired) electrons. The van der Waals surface area contributed by atoms with Crippen LogP contribution in [-0.2, 0) is 11.2 Å². The van der Waals surface area contributed by atoms with E-state index in [0.717, 1.165) is 27.8 Å². The Bertz CT molecular complexity index is 928. The van der Waals surface area contributed by atoms with E-state index in [-0.39, 0.29) is 18.3 Å². The third-order valence-corrected chi connectivity index (χ3v) is 4.14. The second kappa shape index (κ2) is 6.89. The molecule has 1 heterocycles. The predicted octanol–water partition coefficient (Wildman–Crippen LogP) is 4.15. The zero-order chi connectivity index (χ0) is 18.0. The first-order valence-electron chi connectivity index (χ1n) is 8.19. The highest BCUT2D eigenvalue weighted by atomic mass is 16.4. The zero-order valence-corrected chi connectivity index (χ0v) is 14.9. The quantitative estimate of drug-likeness (QED) is 0.777. The molecule has 0 spiro atoms. The molecule has 2 aromatic carbocycles. The maximum atomic E-state index is 12.2. The summed E-state index contributed by atoms with van der Waals surface area (Å²) in [6.07, 6.45) is 0.271. The van der Waals surface area contributed by atoms with Crippen molar-refractivity contribution in [2.24, 2.45) is 0 Å². The molecular weight excluding hydrogens is 314 g/mol. The first kappa shape index (κ1) is 16.9. The number of rotatable bonds is 4. The SMILES string of the molecule is Cc1ccc(CC(=O)Nc2nnc(-c3cc(C)ccc3C)o2)c(C)c1. The summed E-state index contributed by atoms with van der Waals surface area (Å²) in [5, 5.41) is 10.7. The van der Waals surface area contributed by atoms with Crippen molar-refractivity contribution in [2.45, 2.75) is 34.1 Å². The lowest BCUT2D eigenvalue weighted by atomic mass is 10.0. The Balaban J connectivity index is 1.72. The predicted molar refractivity (Wildman–Crippen MR) is 97.5 cm³/mol. The number of aryl methyl sites for hydroxylation is 4. The Morgan fingerprint density at radius 1 is 0.960 bits per heavy atom. The molecule has 0 aliphatic heterocycles. The molecule has 0 aliphatic rings. The highest BCUT2D eigenvalue weighted by molar-refractivity contribution is 5.90. The largest absolute Gasteiger partial charge is 0.403 e. The van der Waals surface area contributed by atoms with Crippen molar-refractivity contribution in [1.82, 2.24) is 10.2 Å². The summed E-state index contributed by atoms with van der Waals surface area (Å²) in [6, 6.07) is 12.2. The van der Waals surface area contributed by atoms with Gasteiger partial charge in [0, 0.05) is 5.56 Å². The third kappa shape index (κ3) is 3.94. The molecule has 0 atom stereocenters. The molecule has 0 saturated heterocycles. The van der Waals surface area contributed by atoms with Crippen LogP contribution < -0.4 is 5.32 Å². The second-order valence-electron chi connectivity index (χ2n) is 6.39. The number of benzene rings is 2. The molecule has 0 fully saturated rings. The van der Waals surface area contributed by atoms with Gasteiger partial charge >= 0.3 is 6.01 Å². The summed E-state index contributed by atoms with van der Waals surface area (Å²) in [5.74, 6) is 0.228. The van der Waals surface area contributed by atoms with Gasteiger partial charge in [0.2, 0.25) is 11.8 Å². The molecule has 3 rings (SSSR count). The molecule has 0 saturated carbocycles. The van der Waals surface area contributed by atoms with Crippen LogP contribution in [0.5, 0.6) is 0 Å². The maximum absolute atomic E-state index is 12.2. The second-order valence-corrected chi connectivity index (χ2v) is 6.39. The Morgan fingerprint density at radius 3 is 2.44 bits per heavy atom. The van der Waals surface area contributed by atoms with Gasteiger partial charge in [-0.2, -0.15) is 0 Å². The summed E-state index contributed by atoms with van der Waals surface area (Å²) in [6.45, 7) is 8.02. The lowest BCUT2D eigenvalue weighted by Gasteiger charge is -2.06. The molecule has 0 bridgehead atoms. The maximum Gasteiger partial charge on any atom is 0.322 e. The van der Waals surface area contributed by atoms with Crippen LogP contribution in [0.25, 0.3) is 11.5 Å². The zero-order valence-electron chi connectivity index (χ0n) is 14.9. The number of hydrogen-bond donors (Lipinski definition) is 1. The van der Waals surface area contributed by atoms with E-state index in [2.05, 4.69) is 21.6 Å². The number of hydrogen-bond acceptors (Lipinski definition) is 4. The molecule has 5 nitrogen and oxygen atoms in total. The van der Waals surface area contributed by atoms with E-state index in [1.165, 1.54) is 5.56 Å². The van der Waals surface area contributed by atoms with Crippen LogP contribution in [0.2, 0.25) is 0 Å². The smallest absolute Gasteiger partial charge is 0.322 e. The normalized spacial score (nSPS) is 10.7. The van der Waals surface area contributed by atoms with Crippen molar-refractivity contribution in [3.63, 3.8) is 0 Å². The van der Waals surface area contributed by atoms with E-state index in [9.17, 15) is 4.79 Å². The summed E-state index contributed by atoms with van der Waals surface area (Å²) in [4.78, 5) is 12.2. The molecule has 25 heavy (non-hydrogen) atoms. The minimum Gasteiger partial charge on any atom is -0.403 e. The van der Waals surface area contributed by atoms with Crippen LogP contribution in [-0.4, -0.2) is 16.1 Å².